The van der Waals surface area contributed by atoms with Crippen molar-refractivity contribution in [3.8, 4) is 0 Å². The molecule has 2 aromatic rings. The highest BCUT2D eigenvalue weighted by Crippen LogP contribution is 2.16. The Hall–Kier alpha value is -1.21. The fraction of sp³-hybridized carbons (Fsp3) is 0.167. The minimum absolute atomic E-state index is 0.428. The first-order valence-electron chi connectivity index (χ1n) is 5.20. The molecule has 0 aliphatic carbocycles. The van der Waals surface area contributed by atoms with Crippen LogP contribution in [0.3, 0.4) is 0 Å². The molecule has 0 saturated heterocycles. The van der Waals surface area contributed by atoms with Crippen molar-refractivity contribution < 1.29 is 5.11 Å². The summed E-state index contributed by atoms with van der Waals surface area (Å²) < 4.78 is 0.936. The summed E-state index contributed by atoms with van der Waals surface area (Å²) in [6.07, 6.45) is 2.67. The molecule has 1 heterocycles. The number of aliphatic hydroxyl groups is 1. The summed E-state index contributed by atoms with van der Waals surface area (Å²) in [5.41, 5.74) is 0.893. The lowest BCUT2D eigenvalue weighted by molar-refractivity contribution is 0.191. The Balaban J connectivity index is 1.97. The van der Waals surface area contributed by atoms with Gasteiger partial charge in [-0.1, -0.05) is 30.3 Å². The standard InChI is InChI=1S/C12H12IN3O/c13-10-6-14-8-16-12(10)15-7-11(17)9-4-2-1-3-5-9/h1-6,8,11,17H,7H2,(H,14,15,16). The maximum absolute atomic E-state index is 9.96. The van der Waals surface area contributed by atoms with Gasteiger partial charge in [-0.05, 0) is 28.2 Å². The number of hydrogen-bond acceptors (Lipinski definition) is 4. The number of halogens is 1. The fourth-order valence-corrected chi connectivity index (χ4v) is 1.92. The van der Waals surface area contributed by atoms with Gasteiger partial charge in [-0.3, -0.25) is 0 Å². The van der Waals surface area contributed by atoms with Gasteiger partial charge in [0.25, 0.3) is 0 Å². The van der Waals surface area contributed by atoms with Crippen molar-refractivity contribution >= 4 is 28.4 Å². The molecular formula is C12H12IN3O. The van der Waals surface area contributed by atoms with Crippen LogP contribution >= 0.6 is 22.6 Å². The molecule has 17 heavy (non-hydrogen) atoms. The Bertz CT molecular complexity index is 478. The summed E-state index contributed by atoms with van der Waals surface area (Å²) in [5, 5.41) is 13.1. The topological polar surface area (TPSA) is 58.0 Å². The Morgan fingerprint density at radius 3 is 2.76 bits per heavy atom. The molecule has 0 saturated carbocycles. The Kier molecular flexibility index (Phi) is 4.27. The van der Waals surface area contributed by atoms with E-state index in [0.29, 0.717) is 6.54 Å². The van der Waals surface area contributed by atoms with Gasteiger partial charge in [0.15, 0.2) is 0 Å². The van der Waals surface area contributed by atoms with Crippen molar-refractivity contribution in [2.24, 2.45) is 0 Å². The number of nitrogens with one attached hydrogen (secondary N) is 1. The molecule has 88 valence electrons. The van der Waals surface area contributed by atoms with Gasteiger partial charge in [0, 0.05) is 12.7 Å². The quantitative estimate of drug-likeness (QED) is 0.838. The molecule has 0 fully saturated rings. The molecule has 0 spiro atoms. The van der Waals surface area contributed by atoms with Crippen LogP contribution in [0.25, 0.3) is 0 Å². The second kappa shape index (κ2) is 5.92. The van der Waals surface area contributed by atoms with Crippen LogP contribution in [0.2, 0.25) is 0 Å². The number of nitrogens with zero attached hydrogens (tertiary/aromatic N) is 2. The zero-order valence-electron chi connectivity index (χ0n) is 9.05. The van der Waals surface area contributed by atoms with E-state index in [1.807, 2.05) is 30.3 Å². The van der Waals surface area contributed by atoms with Gasteiger partial charge in [-0.2, -0.15) is 0 Å². The van der Waals surface area contributed by atoms with Gasteiger partial charge in [0.05, 0.1) is 9.67 Å². The van der Waals surface area contributed by atoms with Gasteiger partial charge in [0.1, 0.15) is 12.1 Å². The average Bonchev–Trinajstić information content (AvgIpc) is 2.38. The normalized spacial score (nSPS) is 12.1. The Morgan fingerprint density at radius 2 is 2.06 bits per heavy atom. The number of aliphatic hydroxyl groups excluding tert-OH is 1. The highest BCUT2D eigenvalue weighted by molar-refractivity contribution is 14.1. The minimum Gasteiger partial charge on any atom is -0.387 e. The van der Waals surface area contributed by atoms with Crippen molar-refractivity contribution in [2.45, 2.75) is 6.10 Å². The predicted octanol–water partition coefficient (Wildman–Crippen LogP) is 2.23. The van der Waals surface area contributed by atoms with Crippen molar-refractivity contribution in [1.29, 1.82) is 0 Å². The summed E-state index contributed by atoms with van der Waals surface area (Å²) in [4.78, 5) is 8.01. The summed E-state index contributed by atoms with van der Waals surface area (Å²) in [6, 6.07) is 9.55. The molecule has 4 nitrogen and oxygen atoms in total. The number of anilines is 1. The van der Waals surface area contributed by atoms with Crippen LogP contribution in [0.4, 0.5) is 5.82 Å². The van der Waals surface area contributed by atoms with E-state index in [2.05, 4.69) is 37.9 Å². The largest absolute Gasteiger partial charge is 0.387 e. The second-order valence-corrected chi connectivity index (χ2v) is 4.69. The molecule has 1 unspecified atom stereocenters. The number of benzene rings is 1. The summed E-state index contributed by atoms with van der Waals surface area (Å²) >= 11 is 2.15. The molecule has 0 radical (unpaired) electrons. The van der Waals surface area contributed by atoms with Gasteiger partial charge in [0.2, 0.25) is 0 Å². The van der Waals surface area contributed by atoms with Crippen LogP contribution < -0.4 is 5.32 Å². The van der Waals surface area contributed by atoms with Crippen molar-refractivity contribution in [2.75, 3.05) is 11.9 Å². The van der Waals surface area contributed by atoms with Gasteiger partial charge in [-0.15, -0.1) is 0 Å². The number of rotatable bonds is 4. The van der Waals surface area contributed by atoms with E-state index in [0.717, 1.165) is 15.0 Å². The van der Waals surface area contributed by atoms with E-state index in [9.17, 15) is 5.11 Å². The van der Waals surface area contributed by atoms with Crippen molar-refractivity contribution in [3.63, 3.8) is 0 Å². The fourth-order valence-electron chi connectivity index (χ4n) is 1.43. The average molecular weight is 341 g/mol. The third kappa shape index (κ3) is 3.37. The minimum atomic E-state index is -0.540. The number of aromatic nitrogens is 2. The summed E-state index contributed by atoms with van der Waals surface area (Å²) in [7, 11) is 0. The van der Waals surface area contributed by atoms with Crippen LogP contribution in [0.5, 0.6) is 0 Å². The maximum Gasteiger partial charge on any atom is 0.142 e. The zero-order chi connectivity index (χ0) is 12.1. The van der Waals surface area contributed by atoms with Gasteiger partial charge >= 0.3 is 0 Å². The molecule has 0 bridgehead atoms. The van der Waals surface area contributed by atoms with Crippen LogP contribution in [0.1, 0.15) is 11.7 Å². The van der Waals surface area contributed by atoms with E-state index in [-0.39, 0.29) is 0 Å². The molecule has 0 aliphatic rings. The molecular weight excluding hydrogens is 329 g/mol. The van der Waals surface area contributed by atoms with Gasteiger partial charge < -0.3 is 10.4 Å². The Morgan fingerprint density at radius 1 is 1.29 bits per heavy atom. The van der Waals surface area contributed by atoms with E-state index in [4.69, 9.17) is 0 Å². The molecule has 2 N–H and O–H groups in total. The molecule has 2 rings (SSSR count). The lowest BCUT2D eigenvalue weighted by atomic mass is 10.1. The predicted molar refractivity (Wildman–Crippen MR) is 74.6 cm³/mol. The third-order valence-electron chi connectivity index (χ3n) is 2.31. The summed E-state index contributed by atoms with van der Waals surface area (Å²) in [5.74, 6) is 0.746. The van der Waals surface area contributed by atoms with E-state index < -0.39 is 6.10 Å². The molecule has 1 atom stereocenters. The van der Waals surface area contributed by atoms with Crippen LogP contribution in [-0.4, -0.2) is 21.6 Å². The first-order chi connectivity index (χ1) is 8.27. The van der Waals surface area contributed by atoms with Crippen LogP contribution in [-0.2, 0) is 0 Å². The lowest BCUT2D eigenvalue weighted by Gasteiger charge is -2.13. The van der Waals surface area contributed by atoms with Crippen LogP contribution in [0, 0.1) is 3.57 Å². The van der Waals surface area contributed by atoms with Crippen molar-refractivity contribution in [3.05, 3.63) is 52.0 Å². The third-order valence-corrected chi connectivity index (χ3v) is 3.10. The van der Waals surface area contributed by atoms with Gasteiger partial charge in [-0.25, -0.2) is 9.97 Å². The molecule has 1 aromatic heterocycles. The molecule has 0 aliphatic heterocycles. The van der Waals surface area contributed by atoms with E-state index in [1.165, 1.54) is 6.33 Å². The smallest absolute Gasteiger partial charge is 0.142 e. The molecule has 5 heteroatoms. The zero-order valence-corrected chi connectivity index (χ0v) is 11.2. The maximum atomic E-state index is 9.96. The Labute approximate surface area is 113 Å². The van der Waals surface area contributed by atoms with E-state index >= 15 is 0 Å². The first-order valence-corrected chi connectivity index (χ1v) is 6.27. The summed E-state index contributed by atoms with van der Waals surface area (Å²) in [6.45, 7) is 0.428. The monoisotopic (exact) mass is 341 g/mol. The highest BCUT2D eigenvalue weighted by Gasteiger charge is 2.07. The lowest BCUT2D eigenvalue weighted by Crippen LogP contribution is -2.13. The van der Waals surface area contributed by atoms with E-state index in [1.54, 1.807) is 6.20 Å². The van der Waals surface area contributed by atoms with Crippen LogP contribution in [0.15, 0.2) is 42.9 Å². The first kappa shape index (κ1) is 12.3. The SMILES string of the molecule is OC(CNc1ncncc1I)c1ccccc1. The van der Waals surface area contributed by atoms with Crippen molar-refractivity contribution in [1.82, 2.24) is 9.97 Å². The number of hydrogen-bond donors (Lipinski definition) is 2. The molecule has 0 amide bonds. The molecule has 1 aromatic carbocycles. The highest BCUT2D eigenvalue weighted by atomic mass is 127. The second-order valence-electron chi connectivity index (χ2n) is 3.53.